The summed E-state index contributed by atoms with van der Waals surface area (Å²) in [6.07, 6.45) is 0. The molecule has 0 spiro atoms. The predicted molar refractivity (Wildman–Crippen MR) is 65.0 cm³/mol. The van der Waals surface area contributed by atoms with Gasteiger partial charge in [0.1, 0.15) is 0 Å². The second-order valence-corrected chi connectivity index (χ2v) is 5.38. The maximum atomic E-state index is 2.31. The number of rotatable bonds is 2. The Kier molecular flexibility index (Phi) is 5.16. The van der Waals surface area contributed by atoms with Crippen LogP contribution in [-0.2, 0) is 19.5 Å². The molecular formula is C13H13PRu+2. The van der Waals surface area contributed by atoms with Crippen LogP contribution in [0.15, 0.2) is 60.7 Å². The van der Waals surface area contributed by atoms with E-state index in [0.717, 1.165) is 0 Å². The van der Waals surface area contributed by atoms with E-state index < -0.39 is 0 Å². The molecule has 0 saturated heterocycles. The van der Waals surface area contributed by atoms with Gasteiger partial charge in [0, 0.05) is 0 Å². The van der Waals surface area contributed by atoms with Crippen molar-refractivity contribution in [1.82, 2.24) is 0 Å². The van der Waals surface area contributed by atoms with Crippen LogP contribution < -0.4 is 10.6 Å². The Labute approximate surface area is 105 Å². The molecule has 2 heteroatoms. The van der Waals surface area contributed by atoms with E-state index in [9.17, 15) is 0 Å². The van der Waals surface area contributed by atoms with E-state index in [0.29, 0.717) is 0 Å². The van der Waals surface area contributed by atoms with Gasteiger partial charge in [-0.3, -0.25) is 0 Å². The molecule has 0 unspecified atom stereocenters. The molecule has 0 saturated carbocycles. The molecule has 0 fully saturated rings. The van der Waals surface area contributed by atoms with Crippen LogP contribution in [0, 0.1) is 0 Å². The van der Waals surface area contributed by atoms with Crippen LogP contribution in [0.5, 0.6) is 0 Å². The molecule has 15 heavy (non-hydrogen) atoms. The fourth-order valence-corrected chi connectivity index (χ4v) is 2.99. The van der Waals surface area contributed by atoms with Gasteiger partial charge in [0.2, 0.25) is 0 Å². The summed E-state index contributed by atoms with van der Waals surface area (Å²) >= 11 is 0. The minimum atomic E-state index is -0.171. The van der Waals surface area contributed by atoms with Gasteiger partial charge in [-0.05, 0) is 25.2 Å². The van der Waals surface area contributed by atoms with Crippen molar-refractivity contribution in [1.29, 1.82) is 0 Å². The topological polar surface area (TPSA) is 0 Å². The molecule has 2 rings (SSSR count). The summed E-state index contributed by atoms with van der Waals surface area (Å²) in [4.78, 5) is 0. The van der Waals surface area contributed by atoms with Crippen molar-refractivity contribution < 1.29 is 19.5 Å². The fraction of sp³-hybridized carbons (Fsp3) is 0.0769. The average molecular weight is 301 g/mol. The van der Waals surface area contributed by atoms with Crippen molar-refractivity contribution in [2.24, 2.45) is 0 Å². The van der Waals surface area contributed by atoms with Gasteiger partial charge in [-0.15, -0.1) is 0 Å². The van der Waals surface area contributed by atoms with E-state index in [4.69, 9.17) is 0 Å². The minimum absolute atomic E-state index is 0. The summed E-state index contributed by atoms with van der Waals surface area (Å²) in [5.74, 6) is 0. The maximum absolute atomic E-state index is 2.31. The first-order chi connectivity index (χ1) is 6.88. The van der Waals surface area contributed by atoms with E-state index in [-0.39, 0.29) is 27.4 Å². The largest absolute Gasteiger partial charge is 2.00 e. The van der Waals surface area contributed by atoms with Gasteiger partial charge in [-0.1, -0.05) is 60.7 Å². The van der Waals surface area contributed by atoms with Crippen LogP contribution in [0.4, 0.5) is 0 Å². The number of benzene rings is 2. The van der Waals surface area contributed by atoms with Crippen LogP contribution in [0.25, 0.3) is 0 Å². The Bertz CT molecular complexity index is 346. The molecule has 0 radical (unpaired) electrons. The molecule has 76 valence electrons. The summed E-state index contributed by atoms with van der Waals surface area (Å²) in [5.41, 5.74) is 0. The second kappa shape index (κ2) is 6.16. The first kappa shape index (κ1) is 12.6. The number of hydrogen-bond acceptors (Lipinski definition) is 0. The molecule has 0 atom stereocenters. The molecule has 0 bridgehead atoms. The molecule has 0 heterocycles. The van der Waals surface area contributed by atoms with E-state index in [1.165, 1.54) is 10.6 Å². The van der Waals surface area contributed by atoms with E-state index >= 15 is 0 Å². The van der Waals surface area contributed by atoms with Crippen LogP contribution in [-0.4, -0.2) is 6.66 Å². The Hall–Kier alpha value is -0.507. The van der Waals surface area contributed by atoms with Crippen LogP contribution >= 0.6 is 7.92 Å². The molecule has 0 amide bonds. The molecule has 0 nitrogen and oxygen atoms in total. The van der Waals surface area contributed by atoms with Gasteiger partial charge in [-0.25, -0.2) is 0 Å². The first-order valence-corrected chi connectivity index (χ1v) is 6.50. The monoisotopic (exact) mass is 302 g/mol. The van der Waals surface area contributed by atoms with Crippen LogP contribution in [0.3, 0.4) is 0 Å². The van der Waals surface area contributed by atoms with Crippen molar-refractivity contribution in [3.63, 3.8) is 0 Å². The van der Waals surface area contributed by atoms with Crippen molar-refractivity contribution in [2.75, 3.05) is 6.66 Å². The summed E-state index contributed by atoms with van der Waals surface area (Å²) in [6, 6.07) is 21.4. The van der Waals surface area contributed by atoms with Gasteiger partial charge in [0.25, 0.3) is 0 Å². The Balaban J connectivity index is 0.00000112. The molecular weight excluding hydrogens is 288 g/mol. The maximum Gasteiger partial charge on any atom is 2.00 e. The summed E-state index contributed by atoms with van der Waals surface area (Å²) in [5, 5.41) is 2.88. The van der Waals surface area contributed by atoms with Crippen molar-refractivity contribution in [2.45, 2.75) is 0 Å². The molecule has 2 aromatic rings. The van der Waals surface area contributed by atoms with Crippen molar-refractivity contribution >= 4 is 18.5 Å². The predicted octanol–water partition coefficient (Wildman–Crippen LogP) is 2.75. The molecule has 0 aliphatic heterocycles. The van der Waals surface area contributed by atoms with Crippen molar-refractivity contribution in [3.8, 4) is 0 Å². The average Bonchev–Trinajstić information content (AvgIpc) is 2.30. The van der Waals surface area contributed by atoms with Crippen LogP contribution in [0.1, 0.15) is 0 Å². The third-order valence-corrected chi connectivity index (χ3v) is 4.43. The smallest absolute Gasteiger partial charge is 0.0622 e. The Morgan fingerprint density at radius 3 is 1.33 bits per heavy atom. The summed E-state index contributed by atoms with van der Waals surface area (Å²) in [7, 11) is -0.171. The minimum Gasteiger partial charge on any atom is -0.0622 e. The zero-order valence-electron chi connectivity index (χ0n) is 8.57. The number of hydrogen-bond donors (Lipinski definition) is 0. The van der Waals surface area contributed by atoms with E-state index in [1.54, 1.807) is 0 Å². The van der Waals surface area contributed by atoms with Crippen molar-refractivity contribution in [3.05, 3.63) is 60.7 Å². The normalized spacial score (nSPS) is 9.73. The first-order valence-electron chi connectivity index (χ1n) is 4.72. The quantitative estimate of drug-likeness (QED) is 0.591. The van der Waals surface area contributed by atoms with E-state index in [1.807, 2.05) is 0 Å². The SMILES string of the molecule is CP(c1ccccc1)c1ccccc1.[Ru+2]. The van der Waals surface area contributed by atoms with Gasteiger partial charge >= 0.3 is 19.5 Å². The summed E-state index contributed by atoms with van der Waals surface area (Å²) < 4.78 is 0. The van der Waals surface area contributed by atoms with Crippen LogP contribution in [0.2, 0.25) is 0 Å². The molecule has 0 aliphatic carbocycles. The van der Waals surface area contributed by atoms with Gasteiger partial charge in [0.05, 0.1) is 0 Å². The van der Waals surface area contributed by atoms with Gasteiger partial charge in [0.15, 0.2) is 0 Å². The zero-order valence-corrected chi connectivity index (χ0v) is 11.2. The molecule has 2 aromatic carbocycles. The standard InChI is InChI=1S/C13H13P.Ru/c1-14(12-8-4-2-5-9-12)13-10-6-3-7-11-13;/h2-11H,1H3;/q;+2. The molecule has 0 N–H and O–H groups in total. The van der Waals surface area contributed by atoms with Gasteiger partial charge in [-0.2, -0.15) is 0 Å². The Morgan fingerprint density at radius 2 is 1.00 bits per heavy atom. The van der Waals surface area contributed by atoms with E-state index in [2.05, 4.69) is 67.3 Å². The second-order valence-electron chi connectivity index (χ2n) is 3.23. The molecule has 0 aliphatic rings. The third kappa shape index (κ3) is 3.23. The fourth-order valence-electron chi connectivity index (χ4n) is 1.45. The van der Waals surface area contributed by atoms with Gasteiger partial charge < -0.3 is 0 Å². The Morgan fingerprint density at radius 1 is 0.667 bits per heavy atom. The third-order valence-electron chi connectivity index (χ3n) is 2.29. The molecule has 0 aromatic heterocycles. The summed E-state index contributed by atoms with van der Waals surface area (Å²) in [6.45, 7) is 2.31. The zero-order chi connectivity index (χ0) is 9.80.